The quantitative estimate of drug-likeness (QED) is 0.655. The molecule has 0 atom stereocenters. The summed E-state index contributed by atoms with van der Waals surface area (Å²) < 4.78 is 0. The van der Waals surface area contributed by atoms with Crippen molar-refractivity contribution in [3.05, 3.63) is 41.4 Å². The lowest BCUT2D eigenvalue weighted by atomic mass is 10.1. The minimum atomic E-state index is 0.995. The zero-order valence-electron chi connectivity index (χ0n) is 9.64. The van der Waals surface area contributed by atoms with E-state index in [0.717, 1.165) is 27.2 Å². The van der Waals surface area contributed by atoms with Crippen molar-refractivity contribution >= 4 is 22.2 Å². The molecule has 2 aromatic heterocycles. The molecule has 0 N–H and O–H groups in total. The highest BCUT2D eigenvalue weighted by Crippen LogP contribution is 2.33. The van der Waals surface area contributed by atoms with E-state index in [4.69, 9.17) is 0 Å². The maximum Gasteiger partial charge on any atom is 0.116 e. The van der Waals surface area contributed by atoms with Crippen molar-refractivity contribution in [2.24, 2.45) is 0 Å². The van der Waals surface area contributed by atoms with Gasteiger partial charge in [0.05, 0.1) is 21.1 Å². The van der Waals surface area contributed by atoms with Gasteiger partial charge in [-0.3, -0.25) is 0 Å². The van der Waals surface area contributed by atoms with Gasteiger partial charge in [-0.2, -0.15) is 0 Å². The van der Waals surface area contributed by atoms with Gasteiger partial charge >= 0.3 is 0 Å². The lowest BCUT2D eigenvalue weighted by Crippen LogP contribution is -1.85. The average Bonchev–Trinajstić information content (AvgIpc) is 2.68. The Balaban J connectivity index is 2.34. The third kappa shape index (κ3) is 1.70. The zero-order valence-corrected chi connectivity index (χ0v) is 10.5. The lowest BCUT2D eigenvalue weighted by Gasteiger charge is -2.03. The van der Waals surface area contributed by atoms with Crippen LogP contribution < -0.4 is 0 Å². The molecule has 0 unspecified atom stereocenters. The number of para-hydroxylation sites is 1. The van der Waals surface area contributed by atoms with E-state index in [9.17, 15) is 0 Å². The molecule has 0 radical (unpaired) electrons. The van der Waals surface area contributed by atoms with Crippen molar-refractivity contribution in [1.82, 2.24) is 15.0 Å². The minimum Gasteiger partial charge on any atom is -0.246 e. The summed E-state index contributed by atoms with van der Waals surface area (Å²) >= 11 is 1.71. The van der Waals surface area contributed by atoms with Crippen LogP contribution in [0.3, 0.4) is 0 Å². The fourth-order valence-electron chi connectivity index (χ4n) is 1.98. The van der Waals surface area contributed by atoms with Crippen molar-refractivity contribution in [3.63, 3.8) is 0 Å². The number of benzene rings is 1. The van der Waals surface area contributed by atoms with Crippen molar-refractivity contribution in [2.75, 3.05) is 0 Å². The number of aryl methyl sites for hydroxylation is 2. The molecule has 0 bridgehead atoms. The molecule has 0 aliphatic heterocycles. The molecule has 2 heterocycles. The maximum absolute atomic E-state index is 4.47. The first-order chi connectivity index (χ1) is 8.25. The molecule has 84 valence electrons. The van der Waals surface area contributed by atoms with Gasteiger partial charge in [-0.05, 0) is 13.8 Å². The van der Waals surface area contributed by atoms with Crippen LogP contribution in [0.5, 0.6) is 0 Å². The van der Waals surface area contributed by atoms with Crippen LogP contribution in [0, 0.1) is 13.8 Å². The maximum atomic E-state index is 4.47. The topological polar surface area (TPSA) is 38.7 Å². The van der Waals surface area contributed by atoms with Crippen LogP contribution >= 0.6 is 11.3 Å². The summed E-state index contributed by atoms with van der Waals surface area (Å²) in [6.07, 6.45) is 3.43. The van der Waals surface area contributed by atoms with Gasteiger partial charge in [0.1, 0.15) is 6.33 Å². The van der Waals surface area contributed by atoms with Crippen LogP contribution in [0.15, 0.2) is 30.7 Å². The van der Waals surface area contributed by atoms with Gasteiger partial charge in [-0.25, -0.2) is 15.0 Å². The van der Waals surface area contributed by atoms with Gasteiger partial charge < -0.3 is 0 Å². The third-order valence-corrected chi connectivity index (χ3v) is 3.79. The highest BCUT2D eigenvalue weighted by atomic mass is 32.1. The molecule has 1 aromatic carbocycles. The molecule has 4 heteroatoms. The molecular formula is C13H11N3S. The first-order valence-electron chi connectivity index (χ1n) is 5.39. The largest absolute Gasteiger partial charge is 0.246 e. The molecule has 0 spiro atoms. The standard InChI is InChI=1S/C13H11N3S/c1-8-13(17-9(2)16-8)11-5-3-4-10-6-14-7-15-12(10)11/h3-7H,1-2H3. The smallest absolute Gasteiger partial charge is 0.116 e. The van der Waals surface area contributed by atoms with E-state index in [0.29, 0.717) is 0 Å². The molecular weight excluding hydrogens is 230 g/mol. The van der Waals surface area contributed by atoms with Gasteiger partial charge in [0.15, 0.2) is 0 Å². The van der Waals surface area contributed by atoms with Crippen LogP contribution in [-0.4, -0.2) is 15.0 Å². The van der Waals surface area contributed by atoms with Crippen molar-refractivity contribution < 1.29 is 0 Å². The summed E-state index contributed by atoms with van der Waals surface area (Å²) in [6, 6.07) is 6.16. The highest BCUT2D eigenvalue weighted by Gasteiger charge is 2.11. The molecule has 0 saturated heterocycles. The van der Waals surface area contributed by atoms with Gasteiger partial charge in [0, 0.05) is 17.1 Å². The Morgan fingerprint density at radius 2 is 2.06 bits per heavy atom. The number of aromatic nitrogens is 3. The zero-order chi connectivity index (χ0) is 11.8. The second-order valence-electron chi connectivity index (χ2n) is 3.91. The fourth-order valence-corrected chi connectivity index (χ4v) is 2.92. The van der Waals surface area contributed by atoms with Gasteiger partial charge in [0.25, 0.3) is 0 Å². The Morgan fingerprint density at radius 3 is 2.82 bits per heavy atom. The van der Waals surface area contributed by atoms with E-state index in [2.05, 4.69) is 21.0 Å². The molecule has 0 saturated carbocycles. The predicted molar refractivity (Wildman–Crippen MR) is 70.1 cm³/mol. The SMILES string of the molecule is Cc1nc(C)c(-c2cccc3cncnc23)s1. The predicted octanol–water partition coefficient (Wildman–Crippen LogP) is 3.37. The van der Waals surface area contributed by atoms with Gasteiger partial charge in [-0.15, -0.1) is 11.3 Å². The number of hydrogen-bond donors (Lipinski definition) is 0. The van der Waals surface area contributed by atoms with Crippen LogP contribution in [0.25, 0.3) is 21.3 Å². The minimum absolute atomic E-state index is 0.995. The Hall–Kier alpha value is -1.81. The highest BCUT2D eigenvalue weighted by molar-refractivity contribution is 7.15. The first-order valence-corrected chi connectivity index (χ1v) is 6.20. The molecule has 3 rings (SSSR count). The first kappa shape index (κ1) is 10.4. The molecule has 0 amide bonds. The third-order valence-electron chi connectivity index (χ3n) is 2.68. The second-order valence-corrected chi connectivity index (χ2v) is 5.12. The van der Waals surface area contributed by atoms with Crippen LogP contribution in [0.4, 0.5) is 0 Å². The molecule has 0 aliphatic rings. The van der Waals surface area contributed by atoms with Crippen molar-refractivity contribution in [2.45, 2.75) is 13.8 Å². The molecule has 0 aliphatic carbocycles. The Labute approximate surface area is 103 Å². The van der Waals surface area contributed by atoms with E-state index < -0.39 is 0 Å². The molecule has 17 heavy (non-hydrogen) atoms. The molecule has 3 aromatic rings. The van der Waals surface area contributed by atoms with E-state index in [1.165, 1.54) is 4.88 Å². The van der Waals surface area contributed by atoms with Crippen LogP contribution in [-0.2, 0) is 0 Å². The van der Waals surface area contributed by atoms with Crippen molar-refractivity contribution in [3.8, 4) is 10.4 Å². The number of nitrogens with zero attached hydrogens (tertiary/aromatic N) is 3. The molecule has 3 nitrogen and oxygen atoms in total. The van der Waals surface area contributed by atoms with Crippen molar-refractivity contribution in [1.29, 1.82) is 0 Å². The number of rotatable bonds is 1. The summed E-state index contributed by atoms with van der Waals surface area (Å²) in [5, 5.41) is 2.15. The Kier molecular flexibility index (Phi) is 2.37. The fraction of sp³-hybridized carbons (Fsp3) is 0.154. The van der Waals surface area contributed by atoms with Gasteiger partial charge in [-0.1, -0.05) is 18.2 Å². The number of fused-ring (bicyclic) bond motifs is 1. The van der Waals surface area contributed by atoms with E-state index in [1.54, 1.807) is 17.7 Å². The average molecular weight is 241 g/mol. The summed E-state index contributed by atoms with van der Waals surface area (Å²) in [7, 11) is 0. The van der Waals surface area contributed by atoms with Gasteiger partial charge in [0.2, 0.25) is 0 Å². The van der Waals surface area contributed by atoms with Crippen LogP contribution in [0.1, 0.15) is 10.7 Å². The van der Waals surface area contributed by atoms with E-state index in [-0.39, 0.29) is 0 Å². The van der Waals surface area contributed by atoms with E-state index in [1.807, 2.05) is 32.2 Å². The number of thiazole rings is 1. The molecule has 0 fully saturated rings. The Morgan fingerprint density at radius 1 is 1.18 bits per heavy atom. The monoisotopic (exact) mass is 241 g/mol. The summed E-state index contributed by atoms with van der Waals surface area (Å²) in [5.41, 5.74) is 3.21. The number of hydrogen-bond acceptors (Lipinski definition) is 4. The summed E-state index contributed by atoms with van der Waals surface area (Å²) in [6.45, 7) is 4.07. The summed E-state index contributed by atoms with van der Waals surface area (Å²) in [4.78, 5) is 14.1. The Bertz CT molecular complexity index is 683. The summed E-state index contributed by atoms with van der Waals surface area (Å²) in [5.74, 6) is 0. The lowest BCUT2D eigenvalue weighted by molar-refractivity contribution is 1.20. The normalized spacial score (nSPS) is 10.9. The van der Waals surface area contributed by atoms with Crippen LogP contribution in [0.2, 0.25) is 0 Å². The second kappa shape index (κ2) is 3.89. The van der Waals surface area contributed by atoms with E-state index >= 15 is 0 Å².